The van der Waals surface area contributed by atoms with E-state index in [9.17, 15) is 4.79 Å². The van der Waals surface area contributed by atoms with Gasteiger partial charge in [0.1, 0.15) is 0 Å². The summed E-state index contributed by atoms with van der Waals surface area (Å²) in [7, 11) is 0. The van der Waals surface area contributed by atoms with E-state index in [1.54, 1.807) is 0 Å². The number of carbonyl (C=O) groups is 1. The molecule has 4 nitrogen and oxygen atoms in total. The maximum absolute atomic E-state index is 12.1. The molecule has 1 saturated carbocycles. The highest BCUT2D eigenvalue weighted by Gasteiger charge is 2.43. The fourth-order valence-corrected chi connectivity index (χ4v) is 2.23. The van der Waals surface area contributed by atoms with Gasteiger partial charge < -0.3 is 11.1 Å². The molecule has 3 atom stereocenters. The molecule has 1 rings (SSSR count). The minimum atomic E-state index is -0.442. The zero-order valence-electron chi connectivity index (χ0n) is 10.1. The lowest BCUT2D eigenvalue weighted by molar-refractivity contribution is -0.131. The van der Waals surface area contributed by atoms with E-state index < -0.39 is 5.41 Å². The van der Waals surface area contributed by atoms with Crippen LogP contribution in [-0.2, 0) is 4.79 Å². The second-order valence-electron chi connectivity index (χ2n) is 4.86. The predicted octanol–water partition coefficient (Wildman–Crippen LogP) is 1.31. The number of amides is 1. The molecule has 0 aromatic rings. The van der Waals surface area contributed by atoms with Gasteiger partial charge in [-0.3, -0.25) is 4.79 Å². The lowest BCUT2D eigenvalue weighted by Gasteiger charge is -2.29. The Labute approximate surface area is 97.2 Å². The van der Waals surface area contributed by atoms with E-state index in [0.717, 1.165) is 25.7 Å². The normalized spacial score (nSPS) is 30.8. The molecular formula is C12H21N3O. The van der Waals surface area contributed by atoms with Gasteiger partial charge in [0.2, 0.25) is 5.91 Å². The Morgan fingerprint density at radius 2 is 2.44 bits per heavy atom. The number of nitrogens with two attached hydrogens (primary N) is 1. The molecule has 0 aromatic heterocycles. The molecule has 0 aromatic carbocycles. The molecular weight excluding hydrogens is 202 g/mol. The molecule has 0 saturated heterocycles. The quantitative estimate of drug-likeness (QED) is 0.754. The second-order valence-corrected chi connectivity index (χ2v) is 4.86. The van der Waals surface area contributed by atoms with Crippen molar-refractivity contribution in [1.29, 1.82) is 5.26 Å². The van der Waals surface area contributed by atoms with Gasteiger partial charge in [-0.25, -0.2) is 0 Å². The van der Waals surface area contributed by atoms with E-state index in [1.165, 1.54) is 0 Å². The Kier molecular flexibility index (Phi) is 4.31. The maximum Gasteiger partial charge on any atom is 0.227 e. The van der Waals surface area contributed by atoms with E-state index in [2.05, 4.69) is 11.4 Å². The van der Waals surface area contributed by atoms with Crippen molar-refractivity contribution in [2.75, 3.05) is 0 Å². The molecule has 0 radical (unpaired) electrons. The number of rotatable bonds is 4. The van der Waals surface area contributed by atoms with Crippen LogP contribution in [0.25, 0.3) is 0 Å². The summed E-state index contributed by atoms with van der Waals surface area (Å²) < 4.78 is 0. The van der Waals surface area contributed by atoms with Crippen LogP contribution in [0.2, 0.25) is 0 Å². The fourth-order valence-electron chi connectivity index (χ4n) is 2.23. The number of nitriles is 1. The molecule has 1 fully saturated rings. The van der Waals surface area contributed by atoms with Crippen LogP contribution in [0.5, 0.6) is 0 Å². The first-order chi connectivity index (χ1) is 7.54. The SMILES string of the molecule is CCC(CC#N)NC(=O)C1(C)CCCC1N. The van der Waals surface area contributed by atoms with Crippen molar-refractivity contribution in [1.82, 2.24) is 5.32 Å². The smallest absolute Gasteiger partial charge is 0.227 e. The van der Waals surface area contributed by atoms with E-state index in [-0.39, 0.29) is 18.0 Å². The van der Waals surface area contributed by atoms with Crippen LogP contribution in [0.4, 0.5) is 0 Å². The Hall–Kier alpha value is -1.08. The standard InChI is InChI=1S/C12H21N3O/c1-3-9(6-8-13)15-11(16)12(2)7-4-5-10(12)14/h9-10H,3-7,14H2,1-2H3,(H,15,16). The third-order valence-corrected chi connectivity index (χ3v) is 3.71. The molecule has 1 aliphatic carbocycles. The van der Waals surface area contributed by atoms with Crippen LogP contribution in [0.15, 0.2) is 0 Å². The molecule has 1 aliphatic rings. The first-order valence-electron chi connectivity index (χ1n) is 5.98. The topological polar surface area (TPSA) is 78.9 Å². The van der Waals surface area contributed by atoms with Gasteiger partial charge in [0.25, 0.3) is 0 Å². The van der Waals surface area contributed by atoms with E-state index in [4.69, 9.17) is 11.0 Å². The molecule has 3 N–H and O–H groups in total. The minimum Gasteiger partial charge on any atom is -0.352 e. The Morgan fingerprint density at radius 1 is 1.75 bits per heavy atom. The summed E-state index contributed by atoms with van der Waals surface area (Å²) in [5.74, 6) is 0.0135. The molecule has 90 valence electrons. The Morgan fingerprint density at radius 3 is 2.88 bits per heavy atom. The summed E-state index contributed by atoms with van der Waals surface area (Å²) in [6.45, 7) is 3.90. The van der Waals surface area contributed by atoms with Gasteiger partial charge in [0.15, 0.2) is 0 Å². The van der Waals surface area contributed by atoms with Crippen molar-refractivity contribution in [2.24, 2.45) is 11.1 Å². The van der Waals surface area contributed by atoms with Crippen LogP contribution in [0, 0.1) is 16.7 Å². The number of nitrogens with zero attached hydrogens (tertiary/aromatic N) is 1. The highest BCUT2D eigenvalue weighted by atomic mass is 16.2. The number of nitrogens with one attached hydrogen (secondary N) is 1. The van der Waals surface area contributed by atoms with Gasteiger partial charge in [-0.15, -0.1) is 0 Å². The third-order valence-electron chi connectivity index (χ3n) is 3.71. The summed E-state index contributed by atoms with van der Waals surface area (Å²) in [6.07, 6.45) is 3.93. The van der Waals surface area contributed by atoms with Crippen LogP contribution in [0.3, 0.4) is 0 Å². The predicted molar refractivity (Wildman–Crippen MR) is 62.4 cm³/mol. The minimum absolute atomic E-state index is 0.0135. The summed E-state index contributed by atoms with van der Waals surface area (Å²) in [5.41, 5.74) is 5.54. The average Bonchev–Trinajstić information content (AvgIpc) is 2.60. The van der Waals surface area contributed by atoms with Gasteiger partial charge in [-0.1, -0.05) is 13.3 Å². The number of carbonyl (C=O) groups excluding carboxylic acids is 1. The van der Waals surface area contributed by atoms with Crippen LogP contribution < -0.4 is 11.1 Å². The van der Waals surface area contributed by atoms with Gasteiger partial charge >= 0.3 is 0 Å². The van der Waals surface area contributed by atoms with Gasteiger partial charge in [-0.05, 0) is 26.2 Å². The van der Waals surface area contributed by atoms with E-state index >= 15 is 0 Å². The fraction of sp³-hybridized carbons (Fsp3) is 0.833. The summed E-state index contributed by atoms with van der Waals surface area (Å²) >= 11 is 0. The monoisotopic (exact) mass is 223 g/mol. The van der Waals surface area contributed by atoms with Crippen LogP contribution >= 0.6 is 0 Å². The van der Waals surface area contributed by atoms with Crippen molar-refractivity contribution in [3.63, 3.8) is 0 Å². The lowest BCUT2D eigenvalue weighted by atomic mass is 9.84. The zero-order chi connectivity index (χ0) is 12.2. The molecule has 0 aliphatic heterocycles. The molecule has 1 amide bonds. The first-order valence-corrected chi connectivity index (χ1v) is 5.98. The molecule has 0 bridgehead atoms. The Bertz CT molecular complexity index is 297. The van der Waals surface area contributed by atoms with Gasteiger partial charge in [0.05, 0.1) is 17.9 Å². The van der Waals surface area contributed by atoms with Crippen LogP contribution in [-0.4, -0.2) is 18.0 Å². The number of hydrogen-bond acceptors (Lipinski definition) is 3. The molecule has 16 heavy (non-hydrogen) atoms. The summed E-state index contributed by atoms with van der Waals surface area (Å²) in [5, 5.41) is 11.6. The van der Waals surface area contributed by atoms with Crippen molar-refractivity contribution >= 4 is 5.91 Å². The lowest BCUT2D eigenvalue weighted by Crippen LogP contribution is -2.50. The molecule has 3 unspecified atom stereocenters. The van der Waals surface area contributed by atoms with Gasteiger partial charge in [-0.2, -0.15) is 5.26 Å². The summed E-state index contributed by atoms with van der Waals surface area (Å²) in [6, 6.07) is 2.00. The largest absolute Gasteiger partial charge is 0.352 e. The van der Waals surface area contributed by atoms with Crippen molar-refractivity contribution in [2.45, 2.75) is 58.0 Å². The maximum atomic E-state index is 12.1. The highest BCUT2D eigenvalue weighted by Crippen LogP contribution is 2.36. The first kappa shape index (κ1) is 13.0. The van der Waals surface area contributed by atoms with E-state index in [0.29, 0.717) is 6.42 Å². The van der Waals surface area contributed by atoms with Crippen molar-refractivity contribution in [3.05, 3.63) is 0 Å². The van der Waals surface area contributed by atoms with Crippen molar-refractivity contribution < 1.29 is 4.79 Å². The van der Waals surface area contributed by atoms with E-state index in [1.807, 2.05) is 13.8 Å². The molecule has 0 spiro atoms. The third kappa shape index (κ3) is 2.53. The average molecular weight is 223 g/mol. The summed E-state index contributed by atoms with van der Waals surface area (Å²) in [4.78, 5) is 12.1. The number of hydrogen-bond donors (Lipinski definition) is 2. The van der Waals surface area contributed by atoms with Crippen molar-refractivity contribution in [3.8, 4) is 6.07 Å². The highest BCUT2D eigenvalue weighted by molar-refractivity contribution is 5.83. The molecule has 0 heterocycles. The Balaban J connectivity index is 2.60. The van der Waals surface area contributed by atoms with Gasteiger partial charge in [0, 0.05) is 12.1 Å². The molecule has 4 heteroatoms. The van der Waals surface area contributed by atoms with Crippen LogP contribution in [0.1, 0.15) is 46.0 Å². The zero-order valence-corrected chi connectivity index (χ0v) is 10.1. The second kappa shape index (κ2) is 5.31.